The Labute approximate surface area is 153 Å². The monoisotopic (exact) mass is 349 g/mol. The molecule has 2 N–H and O–H groups in total. The lowest BCUT2D eigenvalue weighted by Crippen LogP contribution is -2.50. The molecule has 0 amide bonds. The van der Waals surface area contributed by atoms with E-state index in [1.165, 1.54) is 5.39 Å². The van der Waals surface area contributed by atoms with Gasteiger partial charge in [0.25, 0.3) is 0 Å². The standard InChI is InChI=1S/C21H23N3O2/c25-15-21(26)9-4-10-24(14-21)13-16-11-22-20(23-12-16)19-8-3-6-17-5-1-2-7-18(17)19/h1-3,5-8,11-12,25-26H,4,9-10,13-15H2/t21-/m1/s1. The molecule has 0 bridgehead atoms. The van der Waals surface area contributed by atoms with Crippen molar-refractivity contribution in [1.29, 1.82) is 0 Å². The van der Waals surface area contributed by atoms with Crippen LogP contribution in [-0.4, -0.2) is 50.4 Å². The molecule has 0 radical (unpaired) electrons. The Bertz CT molecular complexity index is 892. The van der Waals surface area contributed by atoms with Crippen molar-refractivity contribution in [2.24, 2.45) is 0 Å². The van der Waals surface area contributed by atoms with Crippen LogP contribution in [0.5, 0.6) is 0 Å². The number of aliphatic hydroxyl groups is 2. The van der Waals surface area contributed by atoms with Gasteiger partial charge in [-0.2, -0.15) is 0 Å². The molecule has 0 spiro atoms. The van der Waals surface area contributed by atoms with Crippen molar-refractivity contribution < 1.29 is 10.2 Å². The van der Waals surface area contributed by atoms with Gasteiger partial charge in [-0.3, -0.25) is 4.90 Å². The number of likely N-dealkylation sites (tertiary alicyclic amines) is 1. The van der Waals surface area contributed by atoms with Crippen molar-refractivity contribution >= 4 is 10.8 Å². The van der Waals surface area contributed by atoms with Gasteiger partial charge in [0.05, 0.1) is 6.61 Å². The number of rotatable bonds is 4. The SMILES string of the molecule is OC[C@@]1(O)CCCN(Cc2cnc(-c3cccc4ccccc34)nc2)C1. The molecule has 1 aliphatic rings. The second kappa shape index (κ2) is 7.11. The van der Waals surface area contributed by atoms with Crippen LogP contribution in [0.3, 0.4) is 0 Å². The number of piperidine rings is 1. The van der Waals surface area contributed by atoms with Gasteiger partial charge < -0.3 is 10.2 Å². The van der Waals surface area contributed by atoms with E-state index in [1.54, 1.807) is 0 Å². The third-order valence-electron chi connectivity index (χ3n) is 5.07. The van der Waals surface area contributed by atoms with E-state index < -0.39 is 5.60 Å². The minimum absolute atomic E-state index is 0.194. The Morgan fingerprint density at radius 2 is 1.81 bits per heavy atom. The Kier molecular flexibility index (Phi) is 4.68. The zero-order chi connectivity index (χ0) is 18.0. The Morgan fingerprint density at radius 1 is 1.04 bits per heavy atom. The first-order valence-corrected chi connectivity index (χ1v) is 9.02. The number of nitrogens with zero attached hydrogens (tertiary/aromatic N) is 3. The number of aromatic nitrogens is 2. The molecule has 134 valence electrons. The Morgan fingerprint density at radius 3 is 2.62 bits per heavy atom. The summed E-state index contributed by atoms with van der Waals surface area (Å²) in [5, 5.41) is 22.0. The third kappa shape index (κ3) is 3.46. The van der Waals surface area contributed by atoms with E-state index in [0.717, 1.165) is 35.3 Å². The molecule has 1 aliphatic heterocycles. The summed E-state index contributed by atoms with van der Waals surface area (Å²) >= 11 is 0. The molecular weight excluding hydrogens is 326 g/mol. The fourth-order valence-corrected chi connectivity index (χ4v) is 3.72. The van der Waals surface area contributed by atoms with Gasteiger partial charge in [-0.1, -0.05) is 42.5 Å². The second-order valence-corrected chi connectivity index (χ2v) is 7.14. The highest BCUT2D eigenvalue weighted by molar-refractivity contribution is 5.94. The molecule has 1 atom stereocenters. The molecule has 5 nitrogen and oxygen atoms in total. The average Bonchev–Trinajstić information content (AvgIpc) is 2.68. The predicted octanol–water partition coefficient (Wildman–Crippen LogP) is 2.62. The summed E-state index contributed by atoms with van der Waals surface area (Å²) < 4.78 is 0. The summed E-state index contributed by atoms with van der Waals surface area (Å²) in [4.78, 5) is 11.3. The molecule has 4 rings (SSSR count). The van der Waals surface area contributed by atoms with Crippen LogP contribution in [0.2, 0.25) is 0 Å². The first-order chi connectivity index (χ1) is 12.7. The maximum absolute atomic E-state index is 10.3. The van der Waals surface area contributed by atoms with Crippen LogP contribution in [-0.2, 0) is 6.54 Å². The molecule has 0 saturated carbocycles. The molecule has 26 heavy (non-hydrogen) atoms. The van der Waals surface area contributed by atoms with Gasteiger partial charge in [0.2, 0.25) is 0 Å². The second-order valence-electron chi connectivity index (χ2n) is 7.14. The van der Waals surface area contributed by atoms with E-state index in [2.05, 4.69) is 33.1 Å². The summed E-state index contributed by atoms with van der Waals surface area (Å²) in [7, 11) is 0. The molecule has 1 aromatic heterocycles. The number of benzene rings is 2. The maximum Gasteiger partial charge on any atom is 0.159 e. The van der Waals surface area contributed by atoms with E-state index in [1.807, 2.05) is 36.7 Å². The highest BCUT2D eigenvalue weighted by Crippen LogP contribution is 2.26. The predicted molar refractivity (Wildman–Crippen MR) is 102 cm³/mol. The van der Waals surface area contributed by atoms with Crippen molar-refractivity contribution in [3.05, 3.63) is 60.4 Å². The van der Waals surface area contributed by atoms with Crippen LogP contribution in [0, 0.1) is 0 Å². The first kappa shape index (κ1) is 17.1. The zero-order valence-corrected chi connectivity index (χ0v) is 14.7. The Hall–Kier alpha value is -2.34. The van der Waals surface area contributed by atoms with Crippen molar-refractivity contribution in [2.75, 3.05) is 19.7 Å². The average molecular weight is 349 g/mol. The number of fused-ring (bicyclic) bond motifs is 1. The lowest BCUT2D eigenvalue weighted by Gasteiger charge is -2.37. The number of aliphatic hydroxyl groups excluding tert-OH is 1. The fourth-order valence-electron chi connectivity index (χ4n) is 3.72. The van der Waals surface area contributed by atoms with E-state index in [-0.39, 0.29) is 6.61 Å². The van der Waals surface area contributed by atoms with E-state index in [0.29, 0.717) is 19.5 Å². The molecule has 3 aromatic rings. The number of β-amino-alcohol motifs (C(OH)–C–C–N with tert-alkyl or cyclic N) is 1. The molecule has 0 unspecified atom stereocenters. The van der Waals surface area contributed by atoms with E-state index in [4.69, 9.17) is 0 Å². The molecule has 1 saturated heterocycles. The third-order valence-corrected chi connectivity index (χ3v) is 5.07. The summed E-state index contributed by atoms with van der Waals surface area (Å²) in [6.45, 7) is 1.88. The van der Waals surface area contributed by atoms with Crippen LogP contribution in [0.25, 0.3) is 22.2 Å². The van der Waals surface area contributed by atoms with E-state index >= 15 is 0 Å². The summed E-state index contributed by atoms with van der Waals surface area (Å²) in [6, 6.07) is 14.4. The smallest absolute Gasteiger partial charge is 0.159 e. The highest BCUT2D eigenvalue weighted by Gasteiger charge is 2.32. The normalized spacial score (nSPS) is 21.2. The van der Waals surface area contributed by atoms with Gasteiger partial charge in [0, 0.05) is 36.6 Å². The van der Waals surface area contributed by atoms with Crippen molar-refractivity contribution in [3.8, 4) is 11.4 Å². The summed E-state index contributed by atoms with van der Waals surface area (Å²) in [5.74, 6) is 0.719. The van der Waals surface area contributed by atoms with Crippen LogP contribution in [0.1, 0.15) is 18.4 Å². The van der Waals surface area contributed by atoms with Crippen molar-refractivity contribution in [2.45, 2.75) is 25.0 Å². The van der Waals surface area contributed by atoms with Gasteiger partial charge in [-0.05, 0) is 30.2 Å². The minimum Gasteiger partial charge on any atom is -0.393 e. The molecule has 1 fully saturated rings. The number of hydrogen-bond donors (Lipinski definition) is 2. The molecule has 0 aliphatic carbocycles. The van der Waals surface area contributed by atoms with Crippen LogP contribution in [0.4, 0.5) is 0 Å². The zero-order valence-electron chi connectivity index (χ0n) is 14.7. The van der Waals surface area contributed by atoms with Crippen LogP contribution in [0.15, 0.2) is 54.9 Å². The molecule has 2 aromatic carbocycles. The number of hydrogen-bond acceptors (Lipinski definition) is 5. The van der Waals surface area contributed by atoms with Gasteiger partial charge in [0.15, 0.2) is 5.82 Å². The van der Waals surface area contributed by atoms with Crippen LogP contribution < -0.4 is 0 Å². The largest absolute Gasteiger partial charge is 0.393 e. The fraction of sp³-hybridized carbons (Fsp3) is 0.333. The summed E-state index contributed by atoms with van der Waals surface area (Å²) in [6.07, 6.45) is 5.25. The molecule has 5 heteroatoms. The maximum atomic E-state index is 10.3. The van der Waals surface area contributed by atoms with Crippen molar-refractivity contribution in [1.82, 2.24) is 14.9 Å². The molecule has 2 heterocycles. The van der Waals surface area contributed by atoms with E-state index in [9.17, 15) is 10.2 Å². The lowest BCUT2D eigenvalue weighted by atomic mass is 9.93. The highest BCUT2D eigenvalue weighted by atomic mass is 16.3. The van der Waals surface area contributed by atoms with Crippen molar-refractivity contribution in [3.63, 3.8) is 0 Å². The lowest BCUT2D eigenvalue weighted by molar-refractivity contribution is -0.0687. The topological polar surface area (TPSA) is 69.5 Å². The first-order valence-electron chi connectivity index (χ1n) is 9.02. The van der Waals surface area contributed by atoms with Crippen LogP contribution >= 0.6 is 0 Å². The molecular formula is C21H23N3O2. The van der Waals surface area contributed by atoms with Gasteiger partial charge in [0.1, 0.15) is 5.60 Å². The van der Waals surface area contributed by atoms with Gasteiger partial charge >= 0.3 is 0 Å². The summed E-state index contributed by atoms with van der Waals surface area (Å²) in [5.41, 5.74) is 1.06. The minimum atomic E-state index is -0.984. The Balaban J connectivity index is 1.54. The quantitative estimate of drug-likeness (QED) is 0.758. The van der Waals surface area contributed by atoms with Gasteiger partial charge in [-0.25, -0.2) is 9.97 Å². The van der Waals surface area contributed by atoms with Gasteiger partial charge in [-0.15, -0.1) is 0 Å².